The van der Waals surface area contributed by atoms with Crippen molar-refractivity contribution in [1.29, 1.82) is 0 Å². The average molecular weight is 318 g/mol. The van der Waals surface area contributed by atoms with Crippen LogP contribution in [0.15, 0.2) is 30.7 Å². The zero-order chi connectivity index (χ0) is 15.8. The summed E-state index contributed by atoms with van der Waals surface area (Å²) in [5, 5.41) is 3.13. The summed E-state index contributed by atoms with van der Waals surface area (Å²) in [5.74, 6) is 0. The second-order valence-corrected chi connectivity index (χ2v) is 5.66. The van der Waals surface area contributed by atoms with Crippen LogP contribution in [-0.2, 0) is 11.7 Å². The maximum Gasteiger partial charge on any atom is 0.416 e. The zero-order valence-corrected chi connectivity index (χ0v) is 12.5. The molecular weight excluding hydrogens is 303 g/mol. The fourth-order valence-electron chi connectivity index (χ4n) is 1.97. The molecule has 0 bridgehead atoms. The molecule has 2 aromatic rings. The van der Waals surface area contributed by atoms with E-state index in [2.05, 4.69) is 10.3 Å². The molecule has 1 aromatic carbocycles. The lowest BCUT2D eigenvalue weighted by Gasteiger charge is -2.25. The van der Waals surface area contributed by atoms with Crippen molar-refractivity contribution in [3.63, 3.8) is 0 Å². The van der Waals surface area contributed by atoms with Crippen LogP contribution < -0.4 is 5.32 Å². The number of rotatable bonds is 3. The van der Waals surface area contributed by atoms with Crippen molar-refractivity contribution in [2.45, 2.75) is 25.6 Å². The van der Waals surface area contributed by atoms with Crippen LogP contribution in [0, 0.1) is 0 Å². The third-order valence-electron chi connectivity index (χ3n) is 3.39. The maximum absolute atomic E-state index is 12.9. The third-order valence-corrected chi connectivity index (χ3v) is 3.61. The van der Waals surface area contributed by atoms with Gasteiger partial charge in [0.15, 0.2) is 0 Å². The summed E-state index contributed by atoms with van der Waals surface area (Å²) in [5.41, 5.74) is -0.171. The number of hydrogen-bond donors (Lipinski definition) is 1. The number of nitrogens with zero attached hydrogens (tertiary/aromatic N) is 2. The normalized spacial score (nSPS) is 12.7. The highest BCUT2D eigenvalue weighted by molar-refractivity contribution is 6.30. The molecule has 0 fully saturated rings. The van der Waals surface area contributed by atoms with Gasteiger partial charge < -0.3 is 9.88 Å². The van der Waals surface area contributed by atoms with E-state index < -0.39 is 17.3 Å². The van der Waals surface area contributed by atoms with Gasteiger partial charge >= 0.3 is 6.18 Å². The standard InChI is InChI=1S/C14H15ClF3N3/c1-13(2,19-3)12-7-20-8-21(12)11-5-9(14(16,17)18)4-10(15)6-11/h4-8,19H,1-3H3. The van der Waals surface area contributed by atoms with Gasteiger partial charge in [-0.1, -0.05) is 11.6 Å². The molecule has 0 aliphatic heterocycles. The van der Waals surface area contributed by atoms with Gasteiger partial charge in [-0.15, -0.1) is 0 Å². The van der Waals surface area contributed by atoms with Crippen molar-refractivity contribution < 1.29 is 13.2 Å². The van der Waals surface area contributed by atoms with Crippen molar-refractivity contribution >= 4 is 11.6 Å². The summed E-state index contributed by atoms with van der Waals surface area (Å²) in [4.78, 5) is 4.03. The lowest BCUT2D eigenvalue weighted by molar-refractivity contribution is -0.137. The molecule has 1 heterocycles. The highest BCUT2D eigenvalue weighted by Crippen LogP contribution is 2.33. The van der Waals surface area contributed by atoms with E-state index in [1.807, 2.05) is 13.8 Å². The summed E-state index contributed by atoms with van der Waals surface area (Å²) in [6, 6.07) is 3.45. The Bertz CT molecular complexity index is 647. The van der Waals surface area contributed by atoms with Crippen LogP contribution in [0.2, 0.25) is 5.02 Å². The van der Waals surface area contributed by atoms with Gasteiger partial charge in [0.2, 0.25) is 0 Å². The maximum atomic E-state index is 12.9. The molecule has 0 amide bonds. The predicted molar refractivity (Wildman–Crippen MR) is 75.7 cm³/mol. The van der Waals surface area contributed by atoms with Crippen LogP contribution in [0.25, 0.3) is 5.69 Å². The third kappa shape index (κ3) is 3.22. The van der Waals surface area contributed by atoms with Gasteiger partial charge in [-0.25, -0.2) is 4.98 Å². The van der Waals surface area contributed by atoms with Crippen LogP contribution in [0.3, 0.4) is 0 Å². The van der Waals surface area contributed by atoms with Gasteiger partial charge in [-0.3, -0.25) is 0 Å². The molecule has 114 valence electrons. The minimum absolute atomic E-state index is 0.0294. The van der Waals surface area contributed by atoms with E-state index in [-0.39, 0.29) is 5.02 Å². The Balaban J connectivity index is 2.59. The molecule has 0 saturated heterocycles. The summed E-state index contributed by atoms with van der Waals surface area (Å²) in [7, 11) is 1.77. The monoisotopic (exact) mass is 317 g/mol. The van der Waals surface area contributed by atoms with Gasteiger partial charge in [0.1, 0.15) is 0 Å². The van der Waals surface area contributed by atoms with Crippen LogP contribution in [0.5, 0.6) is 0 Å². The number of halogens is 4. The minimum atomic E-state index is -4.45. The van der Waals surface area contributed by atoms with E-state index >= 15 is 0 Å². The van der Waals surface area contributed by atoms with E-state index in [1.54, 1.807) is 17.8 Å². The molecule has 1 N–H and O–H groups in total. The van der Waals surface area contributed by atoms with Crippen LogP contribution >= 0.6 is 11.6 Å². The Morgan fingerprint density at radius 2 is 1.86 bits per heavy atom. The van der Waals surface area contributed by atoms with Crippen molar-refractivity contribution in [3.05, 3.63) is 47.0 Å². The van der Waals surface area contributed by atoms with E-state index in [9.17, 15) is 13.2 Å². The molecule has 0 unspecified atom stereocenters. The predicted octanol–water partition coefficient (Wildman–Crippen LogP) is 4.00. The lowest BCUT2D eigenvalue weighted by Crippen LogP contribution is -2.35. The van der Waals surface area contributed by atoms with Gasteiger partial charge in [0.05, 0.1) is 29.3 Å². The fraction of sp³-hybridized carbons (Fsp3) is 0.357. The highest BCUT2D eigenvalue weighted by Gasteiger charge is 2.32. The van der Waals surface area contributed by atoms with Crippen molar-refractivity contribution in [1.82, 2.24) is 14.9 Å². The van der Waals surface area contributed by atoms with Crippen molar-refractivity contribution in [3.8, 4) is 5.69 Å². The Morgan fingerprint density at radius 1 is 1.19 bits per heavy atom. The van der Waals surface area contributed by atoms with Gasteiger partial charge in [0.25, 0.3) is 0 Å². The van der Waals surface area contributed by atoms with Crippen LogP contribution in [-0.4, -0.2) is 16.6 Å². The molecule has 7 heteroatoms. The number of aromatic nitrogens is 2. The van der Waals surface area contributed by atoms with Gasteiger partial charge in [0, 0.05) is 10.7 Å². The molecule has 0 aliphatic rings. The highest BCUT2D eigenvalue weighted by atomic mass is 35.5. The minimum Gasteiger partial charge on any atom is -0.310 e. The topological polar surface area (TPSA) is 29.9 Å². The second-order valence-electron chi connectivity index (χ2n) is 5.22. The van der Waals surface area contributed by atoms with Gasteiger partial charge in [-0.05, 0) is 39.1 Å². The van der Waals surface area contributed by atoms with E-state index in [0.717, 1.165) is 17.8 Å². The Labute approximate surface area is 125 Å². The second kappa shape index (κ2) is 5.35. The number of nitrogens with one attached hydrogen (secondary N) is 1. The van der Waals surface area contributed by atoms with Crippen molar-refractivity contribution in [2.75, 3.05) is 7.05 Å². The molecular formula is C14H15ClF3N3. The van der Waals surface area contributed by atoms with E-state index in [0.29, 0.717) is 5.69 Å². The Morgan fingerprint density at radius 3 is 2.43 bits per heavy atom. The van der Waals surface area contributed by atoms with Crippen LogP contribution in [0.1, 0.15) is 25.1 Å². The summed E-state index contributed by atoms with van der Waals surface area (Å²) in [6.45, 7) is 3.82. The first-order valence-electron chi connectivity index (χ1n) is 6.25. The summed E-state index contributed by atoms with van der Waals surface area (Å²) in [6.07, 6.45) is -1.36. The molecule has 0 atom stereocenters. The van der Waals surface area contributed by atoms with Crippen molar-refractivity contribution in [2.24, 2.45) is 0 Å². The molecule has 0 saturated carbocycles. The first-order chi connectivity index (χ1) is 9.65. The Kier molecular flexibility index (Phi) is 4.04. The number of benzene rings is 1. The quantitative estimate of drug-likeness (QED) is 0.927. The zero-order valence-electron chi connectivity index (χ0n) is 11.8. The lowest BCUT2D eigenvalue weighted by atomic mass is 10.0. The van der Waals surface area contributed by atoms with Crippen LogP contribution in [0.4, 0.5) is 13.2 Å². The first kappa shape index (κ1) is 15.9. The number of imidazole rings is 1. The molecule has 0 aliphatic carbocycles. The molecule has 3 nitrogen and oxygen atoms in total. The fourth-order valence-corrected chi connectivity index (χ4v) is 2.20. The molecule has 0 radical (unpaired) electrons. The van der Waals surface area contributed by atoms with E-state index in [4.69, 9.17) is 11.6 Å². The SMILES string of the molecule is CNC(C)(C)c1cncn1-c1cc(Cl)cc(C(F)(F)F)c1. The van der Waals surface area contributed by atoms with Gasteiger partial charge in [-0.2, -0.15) is 13.2 Å². The number of alkyl halides is 3. The largest absolute Gasteiger partial charge is 0.416 e. The van der Waals surface area contributed by atoms with E-state index in [1.165, 1.54) is 12.4 Å². The molecule has 21 heavy (non-hydrogen) atoms. The molecule has 0 spiro atoms. The smallest absolute Gasteiger partial charge is 0.310 e. The first-order valence-corrected chi connectivity index (χ1v) is 6.63. The average Bonchev–Trinajstić information content (AvgIpc) is 2.87. The summed E-state index contributed by atoms with van der Waals surface area (Å²) >= 11 is 5.82. The summed E-state index contributed by atoms with van der Waals surface area (Å²) < 4.78 is 40.3. The Hall–Kier alpha value is -1.53. The molecule has 2 rings (SSSR count). The molecule has 1 aromatic heterocycles. The number of hydrogen-bond acceptors (Lipinski definition) is 2.